The molecule has 1 aliphatic heterocycles. The molecule has 7 nitrogen and oxygen atoms in total. The largest absolute Gasteiger partial charge is 0.351 e. The van der Waals surface area contributed by atoms with E-state index in [2.05, 4.69) is 16.0 Å². The first-order valence-electron chi connectivity index (χ1n) is 10.4. The molecular formula is C23H26F2N4O3. The van der Waals surface area contributed by atoms with Gasteiger partial charge in [-0.25, -0.2) is 13.6 Å². The SMILES string of the molecule is CC(=O)N[C@@H](Cc1ccc(F)cc1)C(=O)NC1CCN(C(=O)Nc2ccc(F)cc2)CC1. The molecule has 0 aliphatic carbocycles. The van der Waals surface area contributed by atoms with Gasteiger partial charge in [0.05, 0.1) is 0 Å². The fraction of sp³-hybridized carbons (Fsp3) is 0.348. The second kappa shape index (κ2) is 10.7. The summed E-state index contributed by atoms with van der Waals surface area (Å²) in [4.78, 5) is 38.4. The lowest BCUT2D eigenvalue weighted by Crippen LogP contribution is -2.53. The molecule has 1 atom stereocenters. The summed E-state index contributed by atoms with van der Waals surface area (Å²) in [5.74, 6) is -1.40. The number of amides is 4. The minimum atomic E-state index is -0.780. The molecule has 170 valence electrons. The van der Waals surface area contributed by atoms with Crippen molar-refractivity contribution in [2.75, 3.05) is 18.4 Å². The Morgan fingerprint density at radius 1 is 0.969 bits per heavy atom. The van der Waals surface area contributed by atoms with Gasteiger partial charge in [0.25, 0.3) is 0 Å². The zero-order valence-corrected chi connectivity index (χ0v) is 17.7. The molecule has 0 radical (unpaired) electrons. The Balaban J connectivity index is 1.50. The van der Waals surface area contributed by atoms with Crippen LogP contribution in [0.4, 0.5) is 19.3 Å². The van der Waals surface area contributed by atoms with Gasteiger partial charge in [-0.3, -0.25) is 9.59 Å². The molecule has 1 heterocycles. The predicted molar refractivity (Wildman–Crippen MR) is 116 cm³/mol. The van der Waals surface area contributed by atoms with E-state index in [4.69, 9.17) is 0 Å². The highest BCUT2D eigenvalue weighted by Crippen LogP contribution is 2.15. The Morgan fingerprint density at radius 3 is 2.09 bits per heavy atom. The number of piperidine rings is 1. The van der Waals surface area contributed by atoms with Gasteiger partial charge in [-0.2, -0.15) is 0 Å². The van der Waals surface area contributed by atoms with Crippen molar-refractivity contribution in [2.45, 2.75) is 38.3 Å². The number of likely N-dealkylation sites (tertiary alicyclic amines) is 1. The van der Waals surface area contributed by atoms with Gasteiger partial charge in [-0.1, -0.05) is 12.1 Å². The molecule has 0 bridgehead atoms. The lowest BCUT2D eigenvalue weighted by atomic mass is 10.0. The summed E-state index contributed by atoms with van der Waals surface area (Å²) in [7, 11) is 0. The molecule has 3 rings (SSSR count). The average molecular weight is 444 g/mol. The summed E-state index contributed by atoms with van der Waals surface area (Å²) in [6, 6.07) is 10.1. The van der Waals surface area contributed by atoms with Crippen molar-refractivity contribution >= 4 is 23.5 Å². The number of carbonyl (C=O) groups is 3. The number of carbonyl (C=O) groups excluding carboxylic acids is 3. The molecule has 1 fully saturated rings. The normalized spacial score (nSPS) is 15.0. The van der Waals surface area contributed by atoms with E-state index in [9.17, 15) is 23.2 Å². The van der Waals surface area contributed by atoms with E-state index in [-0.39, 0.29) is 41.9 Å². The van der Waals surface area contributed by atoms with Gasteiger partial charge in [0.15, 0.2) is 0 Å². The van der Waals surface area contributed by atoms with Crippen molar-refractivity contribution in [3.8, 4) is 0 Å². The maximum absolute atomic E-state index is 13.1. The monoisotopic (exact) mass is 444 g/mol. The van der Waals surface area contributed by atoms with E-state index in [0.717, 1.165) is 5.56 Å². The molecule has 0 spiro atoms. The van der Waals surface area contributed by atoms with Crippen LogP contribution >= 0.6 is 0 Å². The Kier molecular flexibility index (Phi) is 7.75. The first kappa shape index (κ1) is 23.2. The van der Waals surface area contributed by atoms with Crippen LogP contribution in [0.3, 0.4) is 0 Å². The Morgan fingerprint density at radius 2 is 1.53 bits per heavy atom. The number of hydrogen-bond donors (Lipinski definition) is 3. The molecule has 4 amide bonds. The highest BCUT2D eigenvalue weighted by atomic mass is 19.1. The smallest absolute Gasteiger partial charge is 0.321 e. The van der Waals surface area contributed by atoms with Crippen molar-refractivity contribution in [1.29, 1.82) is 0 Å². The fourth-order valence-corrected chi connectivity index (χ4v) is 3.58. The zero-order valence-electron chi connectivity index (χ0n) is 17.7. The highest BCUT2D eigenvalue weighted by Gasteiger charge is 2.27. The summed E-state index contributed by atoms with van der Waals surface area (Å²) >= 11 is 0. The molecule has 2 aromatic rings. The third-order valence-electron chi connectivity index (χ3n) is 5.27. The van der Waals surface area contributed by atoms with Gasteiger partial charge in [-0.15, -0.1) is 0 Å². The van der Waals surface area contributed by atoms with E-state index < -0.39 is 6.04 Å². The summed E-state index contributed by atoms with van der Waals surface area (Å²) in [6.45, 7) is 2.23. The molecule has 1 aliphatic rings. The Labute approximate surface area is 185 Å². The third-order valence-corrected chi connectivity index (χ3v) is 5.27. The molecule has 0 saturated carbocycles. The van der Waals surface area contributed by atoms with E-state index in [1.807, 2.05) is 0 Å². The standard InChI is InChI=1S/C23H26F2N4O3/c1-15(30)26-21(14-16-2-4-17(24)5-3-16)22(31)27-20-10-12-29(13-11-20)23(32)28-19-8-6-18(25)7-9-19/h2-9,20-21H,10-14H2,1H3,(H,26,30)(H,27,31)(H,28,32)/t21-/m0/s1. The first-order valence-corrected chi connectivity index (χ1v) is 10.4. The number of benzene rings is 2. The van der Waals surface area contributed by atoms with Crippen LogP contribution in [-0.4, -0.2) is 47.9 Å². The molecule has 0 aromatic heterocycles. The molecular weight excluding hydrogens is 418 g/mol. The minimum absolute atomic E-state index is 0.137. The van der Waals surface area contributed by atoms with Crippen molar-refractivity contribution in [3.63, 3.8) is 0 Å². The van der Waals surface area contributed by atoms with Crippen LogP contribution in [0, 0.1) is 11.6 Å². The van der Waals surface area contributed by atoms with Crippen molar-refractivity contribution in [1.82, 2.24) is 15.5 Å². The number of halogens is 2. The number of anilines is 1. The van der Waals surface area contributed by atoms with Crippen molar-refractivity contribution in [3.05, 3.63) is 65.7 Å². The van der Waals surface area contributed by atoms with Crippen LogP contribution in [0.1, 0.15) is 25.3 Å². The van der Waals surface area contributed by atoms with E-state index in [1.54, 1.807) is 17.0 Å². The van der Waals surface area contributed by atoms with E-state index in [0.29, 0.717) is 31.6 Å². The quantitative estimate of drug-likeness (QED) is 0.640. The van der Waals surface area contributed by atoms with Gasteiger partial charge in [0, 0.05) is 38.2 Å². The molecule has 1 saturated heterocycles. The number of hydrogen-bond acceptors (Lipinski definition) is 3. The Bertz CT molecular complexity index is 943. The number of urea groups is 1. The van der Waals surface area contributed by atoms with Crippen LogP contribution < -0.4 is 16.0 Å². The summed E-state index contributed by atoms with van der Waals surface area (Å²) in [6.07, 6.45) is 1.36. The van der Waals surface area contributed by atoms with E-state index >= 15 is 0 Å². The predicted octanol–water partition coefficient (Wildman–Crippen LogP) is 2.82. The van der Waals surface area contributed by atoms with Crippen LogP contribution in [-0.2, 0) is 16.0 Å². The topological polar surface area (TPSA) is 90.5 Å². The molecule has 2 aromatic carbocycles. The van der Waals surface area contributed by atoms with E-state index in [1.165, 1.54) is 43.3 Å². The van der Waals surface area contributed by atoms with Crippen molar-refractivity contribution in [2.24, 2.45) is 0 Å². The minimum Gasteiger partial charge on any atom is -0.351 e. The number of nitrogens with one attached hydrogen (secondary N) is 3. The average Bonchev–Trinajstić information content (AvgIpc) is 2.76. The maximum Gasteiger partial charge on any atom is 0.321 e. The summed E-state index contributed by atoms with van der Waals surface area (Å²) in [5.41, 5.74) is 1.23. The second-order valence-corrected chi connectivity index (χ2v) is 7.79. The van der Waals surface area contributed by atoms with Gasteiger partial charge >= 0.3 is 6.03 Å². The lowest BCUT2D eigenvalue weighted by molar-refractivity contribution is -0.128. The second-order valence-electron chi connectivity index (χ2n) is 7.79. The molecule has 0 unspecified atom stereocenters. The first-order chi connectivity index (χ1) is 15.3. The number of rotatable bonds is 6. The van der Waals surface area contributed by atoms with Gasteiger partial charge in [0.1, 0.15) is 17.7 Å². The molecule has 3 N–H and O–H groups in total. The zero-order chi connectivity index (χ0) is 23.1. The molecule has 9 heteroatoms. The Hall–Kier alpha value is -3.49. The maximum atomic E-state index is 13.1. The molecule has 32 heavy (non-hydrogen) atoms. The van der Waals surface area contributed by atoms with Gasteiger partial charge in [-0.05, 0) is 54.8 Å². The van der Waals surface area contributed by atoms with Crippen LogP contribution in [0.2, 0.25) is 0 Å². The number of nitrogens with zero attached hydrogens (tertiary/aromatic N) is 1. The van der Waals surface area contributed by atoms with Crippen LogP contribution in [0.5, 0.6) is 0 Å². The van der Waals surface area contributed by atoms with Gasteiger partial charge < -0.3 is 20.9 Å². The van der Waals surface area contributed by atoms with Crippen LogP contribution in [0.15, 0.2) is 48.5 Å². The highest BCUT2D eigenvalue weighted by molar-refractivity contribution is 5.89. The lowest BCUT2D eigenvalue weighted by Gasteiger charge is -2.33. The fourth-order valence-electron chi connectivity index (χ4n) is 3.58. The van der Waals surface area contributed by atoms with Crippen molar-refractivity contribution < 1.29 is 23.2 Å². The van der Waals surface area contributed by atoms with Crippen LogP contribution in [0.25, 0.3) is 0 Å². The summed E-state index contributed by atoms with van der Waals surface area (Å²) < 4.78 is 26.1. The van der Waals surface area contributed by atoms with Gasteiger partial charge in [0.2, 0.25) is 11.8 Å². The summed E-state index contributed by atoms with van der Waals surface area (Å²) in [5, 5.41) is 8.31. The third kappa shape index (κ3) is 6.76.